The van der Waals surface area contributed by atoms with Gasteiger partial charge in [0.05, 0.1) is 20.1 Å². The first-order valence-corrected chi connectivity index (χ1v) is 11.2. The molecule has 4 heterocycles. The molecular formula is C24H26N4O5. The molecule has 2 aromatic rings. The average Bonchev–Trinajstić information content (AvgIpc) is 3.07. The summed E-state index contributed by atoms with van der Waals surface area (Å²) in [5.41, 5.74) is 1.68. The minimum atomic E-state index is -0.878. The van der Waals surface area contributed by atoms with Gasteiger partial charge in [-0.05, 0) is 24.5 Å². The number of likely N-dealkylation sites (tertiary alicyclic amines) is 1. The number of hydrogen-bond acceptors (Lipinski definition) is 5. The Hall–Kier alpha value is -3.62. The first-order chi connectivity index (χ1) is 15.9. The topological polar surface area (TPSA) is 101 Å². The number of pyridine rings is 1. The third-order valence-electron chi connectivity index (χ3n) is 6.84. The van der Waals surface area contributed by atoms with Gasteiger partial charge in [-0.1, -0.05) is 24.3 Å². The molecule has 0 radical (unpaired) electrons. The number of nitrogens with zero attached hydrogens (tertiary/aromatic N) is 3. The first kappa shape index (κ1) is 21.2. The highest BCUT2D eigenvalue weighted by atomic mass is 16.5. The lowest BCUT2D eigenvalue weighted by atomic mass is 9.83. The summed E-state index contributed by atoms with van der Waals surface area (Å²) in [6.07, 6.45) is 0.868. The quantitative estimate of drug-likeness (QED) is 0.693. The van der Waals surface area contributed by atoms with Gasteiger partial charge in [0.2, 0.25) is 5.91 Å². The van der Waals surface area contributed by atoms with Crippen molar-refractivity contribution in [1.82, 2.24) is 19.7 Å². The van der Waals surface area contributed by atoms with Crippen LogP contribution in [-0.2, 0) is 22.7 Å². The maximum Gasteiger partial charge on any atom is 0.325 e. The summed E-state index contributed by atoms with van der Waals surface area (Å²) in [6, 6.07) is 11.1. The molecule has 2 bridgehead atoms. The molecule has 3 atom stereocenters. The zero-order valence-corrected chi connectivity index (χ0v) is 18.4. The molecule has 9 nitrogen and oxygen atoms in total. The monoisotopic (exact) mass is 450 g/mol. The number of para-hydroxylation sites is 1. The van der Waals surface area contributed by atoms with Gasteiger partial charge in [0.15, 0.2) is 0 Å². The van der Waals surface area contributed by atoms with Gasteiger partial charge in [-0.25, -0.2) is 4.79 Å². The molecule has 4 amide bonds. The number of methoxy groups -OCH3 is 1. The number of fused-ring (bicyclic) bond motifs is 4. The van der Waals surface area contributed by atoms with Gasteiger partial charge in [0.1, 0.15) is 11.8 Å². The van der Waals surface area contributed by atoms with Crippen molar-refractivity contribution >= 4 is 17.8 Å². The van der Waals surface area contributed by atoms with Crippen LogP contribution in [0.4, 0.5) is 4.79 Å². The van der Waals surface area contributed by atoms with Crippen LogP contribution in [0.5, 0.6) is 5.75 Å². The molecule has 0 aliphatic carbocycles. The van der Waals surface area contributed by atoms with Crippen LogP contribution in [0, 0.1) is 5.92 Å². The standard InChI is InChI=1S/C24H26N4O5/c1-33-20-7-3-2-5-16(20)14-28-23(31)18(25-24(28)32)10-22(30)26-11-15-9-17(13-26)19-6-4-8-21(29)27(19)12-15/h2-8,15,17-18H,9-14H2,1H3,(H,25,32)/t15-,17+,18-/m0/s1. The number of hydrogen-bond donors (Lipinski definition) is 1. The van der Waals surface area contributed by atoms with E-state index in [4.69, 9.17) is 4.74 Å². The molecule has 1 N–H and O–H groups in total. The molecule has 33 heavy (non-hydrogen) atoms. The summed E-state index contributed by atoms with van der Waals surface area (Å²) < 4.78 is 7.13. The number of nitrogens with one attached hydrogen (secondary N) is 1. The predicted molar refractivity (Wildman–Crippen MR) is 119 cm³/mol. The lowest BCUT2D eigenvalue weighted by Crippen LogP contribution is -2.50. The molecule has 3 aliphatic heterocycles. The number of amides is 4. The fourth-order valence-corrected chi connectivity index (χ4v) is 5.27. The number of ether oxygens (including phenoxy) is 1. The highest BCUT2D eigenvalue weighted by Gasteiger charge is 2.42. The summed E-state index contributed by atoms with van der Waals surface area (Å²) in [7, 11) is 1.54. The van der Waals surface area contributed by atoms with E-state index in [1.807, 2.05) is 22.8 Å². The van der Waals surface area contributed by atoms with E-state index in [9.17, 15) is 19.2 Å². The Morgan fingerprint density at radius 1 is 1.06 bits per heavy atom. The van der Waals surface area contributed by atoms with Crippen molar-refractivity contribution < 1.29 is 19.1 Å². The first-order valence-electron chi connectivity index (χ1n) is 11.2. The average molecular weight is 450 g/mol. The Bertz CT molecular complexity index is 1180. The van der Waals surface area contributed by atoms with Gasteiger partial charge >= 0.3 is 6.03 Å². The molecule has 0 unspecified atom stereocenters. The van der Waals surface area contributed by atoms with E-state index in [1.54, 1.807) is 29.2 Å². The fourth-order valence-electron chi connectivity index (χ4n) is 5.27. The number of carbonyl (C=O) groups is 3. The molecule has 172 valence electrons. The van der Waals surface area contributed by atoms with Crippen molar-refractivity contribution in [3.05, 3.63) is 64.1 Å². The fraction of sp³-hybridized carbons (Fsp3) is 0.417. The van der Waals surface area contributed by atoms with Crippen molar-refractivity contribution in [2.45, 2.75) is 37.9 Å². The van der Waals surface area contributed by atoms with Gasteiger partial charge < -0.3 is 19.5 Å². The second kappa shape index (κ2) is 8.38. The summed E-state index contributed by atoms with van der Waals surface area (Å²) in [6.45, 7) is 1.74. The van der Waals surface area contributed by atoms with E-state index in [2.05, 4.69) is 5.32 Å². The van der Waals surface area contributed by atoms with Crippen LogP contribution in [0.15, 0.2) is 47.3 Å². The van der Waals surface area contributed by atoms with Crippen LogP contribution in [0.2, 0.25) is 0 Å². The maximum atomic E-state index is 13.1. The second-order valence-electron chi connectivity index (χ2n) is 8.94. The number of aromatic nitrogens is 1. The molecule has 2 fully saturated rings. The van der Waals surface area contributed by atoms with Gasteiger partial charge in [0, 0.05) is 42.9 Å². The van der Waals surface area contributed by atoms with Crippen molar-refractivity contribution in [3.8, 4) is 5.75 Å². The van der Waals surface area contributed by atoms with Gasteiger partial charge in [-0.2, -0.15) is 0 Å². The molecular weight excluding hydrogens is 424 g/mol. The van der Waals surface area contributed by atoms with E-state index in [-0.39, 0.29) is 36.3 Å². The Morgan fingerprint density at radius 2 is 1.88 bits per heavy atom. The molecule has 1 aromatic carbocycles. The lowest BCUT2D eigenvalue weighted by Gasteiger charge is -2.43. The zero-order chi connectivity index (χ0) is 23.1. The van der Waals surface area contributed by atoms with Gasteiger partial charge in [-0.15, -0.1) is 0 Å². The third-order valence-corrected chi connectivity index (χ3v) is 6.84. The minimum absolute atomic E-state index is 0.00335. The Kier molecular flexibility index (Phi) is 5.39. The molecule has 0 spiro atoms. The highest BCUT2D eigenvalue weighted by molar-refractivity contribution is 6.05. The Labute approximate surface area is 190 Å². The van der Waals surface area contributed by atoms with E-state index in [0.29, 0.717) is 30.9 Å². The number of urea groups is 1. The summed E-state index contributed by atoms with van der Waals surface area (Å²) in [5, 5.41) is 2.66. The van der Waals surface area contributed by atoms with Crippen LogP contribution in [0.1, 0.15) is 30.0 Å². The molecule has 5 rings (SSSR count). The van der Waals surface area contributed by atoms with Crippen LogP contribution in [0.25, 0.3) is 0 Å². The smallest absolute Gasteiger partial charge is 0.325 e. The number of carbonyl (C=O) groups excluding carboxylic acids is 3. The van der Waals surface area contributed by atoms with Crippen molar-refractivity contribution in [3.63, 3.8) is 0 Å². The summed E-state index contributed by atoms with van der Waals surface area (Å²) in [5.74, 6) is 0.335. The third kappa shape index (κ3) is 3.88. The van der Waals surface area contributed by atoms with Gasteiger partial charge in [-0.3, -0.25) is 19.3 Å². The Morgan fingerprint density at radius 3 is 2.70 bits per heavy atom. The van der Waals surface area contributed by atoms with E-state index >= 15 is 0 Å². The minimum Gasteiger partial charge on any atom is -0.496 e. The predicted octanol–water partition coefficient (Wildman–Crippen LogP) is 1.31. The van der Waals surface area contributed by atoms with Crippen LogP contribution in [0.3, 0.4) is 0 Å². The van der Waals surface area contributed by atoms with E-state index < -0.39 is 18.0 Å². The largest absolute Gasteiger partial charge is 0.496 e. The molecule has 3 aliphatic rings. The normalized spacial score (nSPS) is 23.8. The number of rotatable bonds is 5. The van der Waals surface area contributed by atoms with Crippen molar-refractivity contribution in [2.75, 3.05) is 20.2 Å². The van der Waals surface area contributed by atoms with Crippen LogP contribution in [-0.4, -0.2) is 58.5 Å². The molecule has 9 heteroatoms. The number of imide groups is 1. The van der Waals surface area contributed by atoms with E-state index in [0.717, 1.165) is 17.0 Å². The van der Waals surface area contributed by atoms with E-state index in [1.165, 1.54) is 7.11 Å². The zero-order valence-electron chi connectivity index (χ0n) is 18.4. The SMILES string of the molecule is COc1ccccc1CN1C(=O)N[C@@H](CC(=O)N2C[C@@H]3C[C@H](C2)c2cccc(=O)n2C3)C1=O. The highest BCUT2D eigenvalue weighted by Crippen LogP contribution is 2.35. The van der Waals surface area contributed by atoms with Crippen molar-refractivity contribution in [2.24, 2.45) is 5.92 Å². The van der Waals surface area contributed by atoms with Gasteiger partial charge in [0.25, 0.3) is 11.5 Å². The lowest BCUT2D eigenvalue weighted by molar-refractivity contribution is -0.137. The van der Waals surface area contributed by atoms with Crippen LogP contribution < -0.4 is 15.6 Å². The second-order valence-corrected chi connectivity index (χ2v) is 8.94. The number of piperidine rings is 1. The molecule has 0 saturated carbocycles. The molecule has 1 aromatic heterocycles. The summed E-state index contributed by atoms with van der Waals surface area (Å²) in [4.78, 5) is 53.6. The maximum absolute atomic E-state index is 13.1. The van der Waals surface area contributed by atoms with Crippen molar-refractivity contribution in [1.29, 1.82) is 0 Å². The summed E-state index contributed by atoms with van der Waals surface area (Å²) >= 11 is 0. The molecule has 2 saturated heterocycles. The van der Waals surface area contributed by atoms with Crippen LogP contribution >= 0.6 is 0 Å². The number of benzene rings is 1. The Balaban J connectivity index is 1.26.